The molecule has 4 nitrogen and oxygen atoms in total. The van der Waals surface area contributed by atoms with Crippen molar-refractivity contribution in [3.8, 4) is 0 Å². The van der Waals surface area contributed by atoms with Gasteiger partial charge in [0.05, 0.1) is 11.9 Å². The van der Waals surface area contributed by atoms with Crippen LogP contribution in [0.4, 0.5) is 5.69 Å². The van der Waals surface area contributed by atoms with Crippen molar-refractivity contribution in [3.63, 3.8) is 0 Å². The number of nitrogens with zero attached hydrogens (tertiary/aromatic N) is 3. The molecule has 1 fully saturated rings. The van der Waals surface area contributed by atoms with Gasteiger partial charge < -0.3 is 5.73 Å². The van der Waals surface area contributed by atoms with E-state index in [0.29, 0.717) is 11.8 Å². The molecular weight excluding hydrogens is 212 g/mol. The predicted octanol–water partition coefficient (Wildman–Crippen LogP) is 2.72. The van der Waals surface area contributed by atoms with E-state index < -0.39 is 0 Å². The standard InChI is InChI=1S/C13H22N4/c1-9(2)12-11(8-17(3)16-12)15-13(14)10-6-4-5-7-10/h8-10H,4-7H2,1-3H3,(H2,14,15). The third-order valence-electron chi connectivity index (χ3n) is 3.41. The molecule has 1 saturated carbocycles. The van der Waals surface area contributed by atoms with Crippen LogP contribution < -0.4 is 5.73 Å². The van der Waals surface area contributed by atoms with Crippen molar-refractivity contribution in [2.75, 3.05) is 0 Å². The number of aliphatic imine (C=N–C) groups is 1. The van der Waals surface area contributed by atoms with E-state index in [2.05, 4.69) is 23.9 Å². The zero-order valence-corrected chi connectivity index (χ0v) is 11.0. The zero-order chi connectivity index (χ0) is 12.4. The molecule has 1 aliphatic rings. The molecule has 2 rings (SSSR count). The van der Waals surface area contributed by atoms with Gasteiger partial charge in [-0.3, -0.25) is 4.68 Å². The average molecular weight is 234 g/mol. The fourth-order valence-electron chi connectivity index (χ4n) is 2.44. The first kappa shape index (κ1) is 12.1. The van der Waals surface area contributed by atoms with E-state index in [0.717, 1.165) is 17.2 Å². The van der Waals surface area contributed by atoms with Crippen molar-refractivity contribution in [3.05, 3.63) is 11.9 Å². The Morgan fingerprint density at radius 2 is 2.12 bits per heavy atom. The highest BCUT2D eigenvalue weighted by Gasteiger charge is 2.19. The highest BCUT2D eigenvalue weighted by Crippen LogP contribution is 2.29. The van der Waals surface area contributed by atoms with Gasteiger partial charge in [-0.1, -0.05) is 26.7 Å². The van der Waals surface area contributed by atoms with Gasteiger partial charge >= 0.3 is 0 Å². The second kappa shape index (κ2) is 4.90. The Labute approximate surface area is 103 Å². The molecule has 1 aromatic heterocycles. The van der Waals surface area contributed by atoms with Crippen LogP contribution >= 0.6 is 0 Å². The second-order valence-electron chi connectivity index (χ2n) is 5.25. The number of aromatic nitrogens is 2. The van der Waals surface area contributed by atoms with E-state index in [1.54, 1.807) is 0 Å². The Bertz CT molecular complexity index is 411. The van der Waals surface area contributed by atoms with Crippen LogP contribution in [0, 0.1) is 5.92 Å². The van der Waals surface area contributed by atoms with E-state index in [1.807, 2.05) is 17.9 Å². The highest BCUT2D eigenvalue weighted by molar-refractivity contribution is 5.85. The third-order valence-corrected chi connectivity index (χ3v) is 3.41. The molecule has 0 spiro atoms. The van der Waals surface area contributed by atoms with Crippen LogP contribution in [0.5, 0.6) is 0 Å². The molecule has 0 saturated heterocycles. The summed E-state index contributed by atoms with van der Waals surface area (Å²) in [6.45, 7) is 4.26. The quantitative estimate of drug-likeness (QED) is 0.645. The molecule has 1 heterocycles. The number of aryl methyl sites for hydroxylation is 1. The van der Waals surface area contributed by atoms with Gasteiger partial charge in [0.15, 0.2) is 0 Å². The average Bonchev–Trinajstić information content (AvgIpc) is 2.86. The van der Waals surface area contributed by atoms with Crippen molar-refractivity contribution in [2.45, 2.75) is 45.4 Å². The summed E-state index contributed by atoms with van der Waals surface area (Å²) >= 11 is 0. The summed E-state index contributed by atoms with van der Waals surface area (Å²) in [5.41, 5.74) is 8.07. The molecular formula is C13H22N4. The molecule has 4 heteroatoms. The molecule has 0 radical (unpaired) electrons. The van der Waals surface area contributed by atoms with Crippen LogP contribution in [0.2, 0.25) is 0 Å². The molecule has 0 unspecified atom stereocenters. The fraction of sp³-hybridized carbons (Fsp3) is 0.692. The molecule has 0 amide bonds. The molecule has 0 bridgehead atoms. The Balaban J connectivity index is 2.24. The lowest BCUT2D eigenvalue weighted by atomic mass is 10.1. The number of hydrogen-bond donors (Lipinski definition) is 1. The van der Waals surface area contributed by atoms with E-state index in [1.165, 1.54) is 25.7 Å². The lowest BCUT2D eigenvalue weighted by molar-refractivity contribution is 0.712. The molecule has 0 aliphatic heterocycles. The topological polar surface area (TPSA) is 56.2 Å². The summed E-state index contributed by atoms with van der Waals surface area (Å²) in [4.78, 5) is 4.59. The van der Waals surface area contributed by atoms with Crippen molar-refractivity contribution in [2.24, 2.45) is 23.7 Å². The van der Waals surface area contributed by atoms with Gasteiger partial charge in [-0.15, -0.1) is 0 Å². The second-order valence-corrected chi connectivity index (χ2v) is 5.25. The maximum absolute atomic E-state index is 6.10. The fourth-order valence-corrected chi connectivity index (χ4v) is 2.44. The number of hydrogen-bond acceptors (Lipinski definition) is 2. The van der Waals surface area contributed by atoms with Crippen LogP contribution in [-0.2, 0) is 7.05 Å². The molecule has 0 atom stereocenters. The molecule has 1 aromatic rings. The minimum absolute atomic E-state index is 0.381. The minimum atomic E-state index is 0.381. The largest absolute Gasteiger partial charge is 0.387 e. The van der Waals surface area contributed by atoms with Gasteiger partial charge in [-0.05, 0) is 18.8 Å². The molecule has 0 aromatic carbocycles. The lowest BCUT2D eigenvalue weighted by Gasteiger charge is -2.08. The zero-order valence-electron chi connectivity index (χ0n) is 11.0. The van der Waals surface area contributed by atoms with E-state index in [9.17, 15) is 0 Å². The van der Waals surface area contributed by atoms with Crippen LogP contribution in [0.1, 0.15) is 51.1 Å². The minimum Gasteiger partial charge on any atom is -0.387 e. The summed E-state index contributed by atoms with van der Waals surface area (Å²) in [5, 5.41) is 4.44. The number of amidine groups is 1. The molecule has 94 valence electrons. The summed E-state index contributed by atoms with van der Waals surface area (Å²) in [6, 6.07) is 0. The Kier molecular flexibility index (Phi) is 3.50. The SMILES string of the molecule is CC(C)c1nn(C)cc1N=C(N)C1CCCC1. The van der Waals surface area contributed by atoms with Gasteiger partial charge in [-0.25, -0.2) is 4.99 Å². The van der Waals surface area contributed by atoms with Gasteiger partial charge in [0.2, 0.25) is 0 Å². The molecule has 2 N–H and O–H groups in total. The van der Waals surface area contributed by atoms with Gasteiger partial charge in [0.25, 0.3) is 0 Å². The van der Waals surface area contributed by atoms with E-state index in [-0.39, 0.29) is 0 Å². The van der Waals surface area contributed by atoms with Gasteiger partial charge in [0, 0.05) is 13.0 Å². The molecule has 1 aliphatic carbocycles. The summed E-state index contributed by atoms with van der Waals surface area (Å²) in [7, 11) is 1.93. The Hall–Kier alpha value is -1.32. The van der Waals surface area contributed by atoms with Crippen molar-refractivity contribution in [1.82, 2.24) is 9.78 Å². The van der Waals surface area contributed by atoms with Gasteiger partial charge in [0.1, 0.15) is 11.5 Å². The number of rotatable bonds is 3. The Morgan fingerprint density at radius 1 is 1.47 bits per heavy atom. The molecule has 17 heavy (non-hydrogen) atoms. The first-order valence-corrected chi connectivity index (χ1v) is 6.45. The van der Waals surface area contributed by atoms with Crippen LogP contribution in [0.3, 0.4) is 0 Å². The Morgan fingerprint density at radius 3 is 2.71 bits per heavy atom. The monoisotopic (exact) mass is 234 g/mol. The van der Waals surface area contributed by atoms with E-state index >= 15 is 0 Å². The summed E-state index contributed by atoms with van der Waals surface area (Å²) in [6.07, 6.45) is 6.90. The van der Waals surface area contributed by atoms with Crippen molar-refractivity contribution >= 4 is 11.5 Å². The normalized spacial score (nSPS) is 18.2. The third kappa shape index (κ3) is 2.68. The first-order valence-electron chi connectivity index (χ1n) is 6.45. The lowest BCUT2D eigenvalue weighted by Crippen LogP contribution is -2.20. The number of nitrogens with two attached hydrogens (primary N) is 1. The van der Waals surface area contributed by atoms with Crippen molar-refractivity contribution < 1.29 is 0 Å². The van der Waals surface area contributed by atoms with Crippen molar-refractivity contribution in [1.29, 1.82) is 0 Å². The van der Waals surface area contributed by atoms with Crippen LogP contribution in [0.25, 0.3) is 0 Å². The summed E-state index contributed by atoms with van der Waals surface area (Å²) in [5.74, 6) is 1.65. The van der Waals surface area contributed by atoms with Gasteiger partial charge in [-0.2, -0.15) is 5.10 Å². The summed E-state index contributed by atoms with van der Waals surface area (Å²) < 4.78 is 1.82. The maximum atomic E-state index is 6.10. The first-order chi connectivity index (χ1) is 8.08. The van der Waals surface area contributed by atoms with E-state index in [4.69, 9.17) is 5.73 Å². The van der Waals surface area contributed by atoms with Crippen LogP contribution in [-0.4, -0.2) is 15.6 Å². The maximum Gasteiger partial charge on any atom is 0.106 e. The smallest absolute Gasteiger partial charge is 0.106 e. The van der Waals surface area contributed by atoms with Crippen LogP contribution in [0.15, 0.2) is 11.2 Å². The highest BCUT2D eigenvalue weighted by atomic mass is 15.3. The predicted molar refractivity (Wildman–Crippen MR) is 70.5 cm³/mol.